The van der Waals surface area contributed by atoms with E-state index >= 15 is 0 Å². The number of hydrogen-bond acceptors (Lipinski definition) is 4. The molecule has 0 N–H and O–H groups in total. The van der Waals surface area contributed by atoms with Crippen LogP contribution in [0.25, 0.3) is 0 Å². The number of benzene rings is 1. The Kier molecular flexibility index (Phi) is 6.32. The van der Waals surface area contributed by atoms with Crippen LogP contribution in [0.15, 0.2) is 48.7 Å². The van der Waals surface area contributed by atoms with E-state index in [0.29, 0.717) is 13.1 Å². The summed E-state index contributed by atoms with van der Waals surface area (Å²) in [5.41, 5.74) is 2.08. The van der Waals surface area contributed by atoms with Gasteiger partial charge in [0.1, 0.15) is 5.75 Å². The standard InChI is InChI=1S/C19H25N3O2/c1-15(19(23)21(2)3)22(14-17-7-5-6-12-20-17)13-16-8-10-18(24-4)11-9-16/h5-12,15H,13-14H2,1-4H3. The third-order valence-corrected chi connectivity index (χ3v) is 3.98. The number of carbonyl (C=O) groups is 1. The first-order chi connectivity index (χ1) is 11.5. The van der Waals surface area contributed by atoms with Gasteiger partial charge in [-0.25, -0.2) is 0 Å². The van der Waals surface area contributed by atoms with Crippen molar-refractivity contribution in [3.63, 3.8) is 0 Å². The zero-order valence-corrected chi connectivity index (χ0v) is 14.8. The molecule has 0 saturated heterocycles. The largest absolute Gasteiger partial charge is 0.497 e. The number of aromatic nitrogens is 1. The number of rotatable bonds is 7. The Bertz CT molecular complexity index is 641. The molecule has 0 saturated carbocycles. The van der Waals surface area contributed by atoms with Crippen LogP contribution in [-0.2, 0) is 17.9 Å². The van der Waals surface area contributed by atoms with E-state index in [4.69, 9.17) is 4.74 Å². The van der Waals surface area contributed by atoms with Gasteiger partial charge in [0.2, 0.25) is 5.91 Å². The molecule has 0 aliphatic rings. The van der Waals surface area contributed by atoms with Gasteiger partial charge in [-0.15, -0.1) is 0 Å². The first-order valence-corrected chi connectivity index (χ1v) is 7.99. The third kappa shape index (κ3) is 4.80. The summed E-state index contributed by atoms with van der Waals surface area (Å²) >= 11 is 0. The number of carbonyl (C=O) groups excluding carboxylic acids is 1. The number of hydrogen-bond donors (Lipinski definition) is 0. The van der Waals surface area contributed by atoms with Crippen LogP contribution in [0.4, 0.5) is 0 Å². The zero-order valence-electron chi connectivity index (χ0n) is 14.8. The first kappa shape index (κ1) is 17.9. The summed E-state index contributed by atoms with van der Waals surface area (Å²) in [5.74, 6) is 0.909. The van der Waals surface area contributed by atoms with Crippen LogP contribution < -0.4 is 4.74 Å². The smallest absolute Gasteiger partial charge is 0.239 e. The van der Waals surface area contributed by atoms with E-state index < -0.39 is 0 Å². The highest BCUT2D eigenvalue weighted by atomic mass is 16.5. The third-order valence-electron chi connectivity index (χ3n) is 3.98. The van der Waals surface area contributed by atoms with Crippen LogP contribution in [0.5, 0.6) is 5.75 Å². The van der Waals surface area contributed by atoms with Crippen LogP contribution in [0.3, 0.4) is 0 Å². The molecule has 0 aliphatic carbocycles. The summed E-state index contributed by atoms with van der Waals surface area (Å²) in [6.07, 6.45) is 1.78. The number of amides is 1. The Morgan fingerprint density at radius 1 is 1.12 bits per heavy atom. The summed E-state index contributed by atoms with van der Waals surface area (Å²) < 4.78 is 5.20. The van der Waals surface area contributed by atoms with Gasteiger partial charge in [0, 0.05) is 33.4 Å². The Balaban J connectivity index is 2.19. The molecule has 0 radical (unpaired) electrons. The molecule has 2 aromatic rings. The maximum Gasteiger partial charge on any atom is 0.239 e. The minimum Gasteiger partial charge on any atom is -0.497 e. The van der Waals surface area contributed by atoms with Crippen molar-refractivity contribution in [2.24, 2.45) is 0 Å². The molecule has 128 valence electrons. The molecule has 1 aromatic carbocycles. The van der Waals surface area contributed by atoms with Gasteiger partial charge in [-0.1, -0.05) is 18.2 Å². The zero-order chi connectivity index (χ0) is 17.5. The fraction of sp³-hybridized carbons (Fsp3) is 0.368. The second kappa shape index (κ2) is 8.45. The van der Waals surface area contributed by atoms with E-state index in [1.54, 1.807) is 32.3 Å². The lowest BCUT2D eigenvalue weighted by Crippen LogP contribution is -2.44. The molecule has 1 amide bonds. The molecule has 1 atom stereocenters. The summed E-state index contributed by atoms with van der Waals surface area (Å²) in [5, 5.41) is 0. The Hall–Kier alpha value is -2.40. The average molecular weight is 327 g/mol. The molecule has 2 rings (SSSR count). The number of methoxy groups -OCH3 is 1. The molecule has 0 spiro atoms. The molecular weight excluding hydrogens is 302 g/mol. The lowest BCUT2D eigenvalue weighted by Gasteiger charge is -2.30. The minimum atomic E-state index is -0.232. The van der Waals surface area contributed by atoms with Gasteiger partial charge in [-0.3, -0.25) is 14.7 Å². The quantitative estimate of drug-likeness (QED) is 0.784. The Morgan fingerprint density at radius 2 is 1.83 bits per heavy atom. The molecular formula is C19H25N3O2. The van der Waals surface area contributed by atoms with E-state index in [1.165, 1.54) is 0 Å². The summed E-state index contributed by atoms with van der Waals surface area (Å²) in [6.45, 7) is 3.23. The number of likely N-dealkylation sites (N-methyl/N-ethyl adjacent to an activating group) is 1. The predicted molar refractivity (Wildman–Crippen MR) is 94.6 cm³/mol. The molecule has 0 aliphatic heterocycles. The molecule has 1 aromatic heterocycles. The van der Waals surface area contributed by atoms with Crippen molar-refractivity contribution in [2.45, 2.75) is 26.1 Å². The van der Waals surface area contributed by atoms with Crippen molar-refractivity contribution in [1.29, 1.82) is 0 Å². The van der Waals surface area contributed by atoms with Crippen molar-refractivity contribution in [1.82, 2.24) is 14.8 Å². The topological polar surface area (TPSA) is 45.7 Å². The van der Waals surface area contributed by atoms with Gasteiger partial charge in [0.05, 0.1) is 18.8 Å². The van der Waals surface area contributed by atoms with Crippen molar-refractivity contribution >= 4 is 5.91 Å². The van der Waals surface area contributed by atoms with E-state index in [0.717, 1.165) is 17.0 Å². The molecule has 1 heterocycles. The van der Waals surface area contributed by atoms with Crippen LogP contribution in [0, 0.1) is 0 Å². The number of ether oxygens (including phenoxy) is 1. The fourth-order valence-electron chi connectivity index (χ4n) is 2.52. The van der Waals surface area contributed by atoms with Crippen LogP contribution in [0.2, 0.25) is 0 Å². The van der Waals surface area contributed by atoms with Gasteiger partial charge >= 0.3 is 0 Å². The van der Waals surface area contributed by atoms with Crippen molar-refractivity contribution in [2.75, 3.05) is 21.2 Å². The number of pyridine rings is 1. The minimum absolute atomic E-state index is 0.0828. The van der Waals surface area contributed by atoms with Crippen LogP contribution >= 0.6 is 0 Å². The highest BCUT2D eigenvalue weighted by Gasteiger charge is 2.23. The van der Waals surface area contributed by atoms with Gasteiger partial charge in [0.15, 0.2) is 0 Å². The van der Waals surface area contributed by atoms with E-state index in [2.05, 4.69) is 9.88 Å². The maximum absolute atomic E-state index is 12.4. The summed E-state index contributed by atoms with van der Waals surface area (Å²) in [6, 6.07) is 13.5. The van der Waals surface area contributed by atoms with Gasteiger partial charge in [0.25, 0.3) is 0 Å². The molecule has 1 unspecified atom stereocenters. The van der Waals surface area contributed by atoms with Gasteiger partial charge in [-0.2, -0.15) is 0 Å². The van der Waals surface area contributed by atoms with Crippen molar-refractivity contribution in [3.8, 4) is 5.75 Å². The molecule has 24 heavy (non-hydrogen) atoms. The lowest BCUT2D eigenvalue weighted by molar-refractivity contribution is -0.134. The van der Waals surface area contributed by atoms with Crippen LogP contribution in [-0.4, -0.2) is 47.9 Å². The monoisotopic (exact) mass is 327 g/mol. The first-order valence-electron chi connectivity index (χ1n) is 7.99. The van der Waals surface area contributed by atoms with Gasteiger partial charge < -0.3 is 9.64 Å². The normalized spacial score (nSPS) is 12.0. The van der Waals surface area contributed by atoms with E-state index in [-0.39, 0.29) is 11.9 Å². The maximum atomic E-state index is 12.4. The van der Waals surface area contributed by atoms with E-state index in [9.17, 15) is 4.79 Å². The molecule has 0 bridgehead atoms. The Labute approximate surface area is 143 Å². The molecule has 5 heteroatoms. The Morgan fingerprint density at radius 3 is 2.38 bits per heavy atom. The highest BCUT2D eigenvalue weighted by Crippen LogP contribution is 2.16. The summed E-state index contributed by atoms with van der Waals surface area (Å²) in [7, 11) is 5.22. The lowest BCUT2D eigenvalue weighted by atomic mass is 10.1. The van der Waals surface area contributed by atoms with Crippen molar-refractivity contribution < 1.29 is 9.53 Å². The second-order valence-electron chi connectivity index (χ2n) is 5.98. The van der Waals surface area contributed by atoms with E-state index in [1.807, 2.05) is 49.4 Å². The SMILES string of the molecule is COc1ccc(CN(Cc2ccccn2)C(C)C(=O)N(C)C)cc1. The predicted octanol–water partition coefficient (Wildman–Crippen LogP) is 2.57. The average Bonchev–Trinajstić information content (AvgIpc) is 2.61. The van der Waals surface area contributed by atoms with Crippen molar-refractivity contribution in [3.05, 3.63) is 59.9 Å². The van der Waals surface area contributed by atoms with Gasteiger partial charge in [-0.05, 0) is 36.8 Å². The summed E-state index contributed by atoms with van der Waals surface area (Å²) in [4.78, 5) is 20.6. The fourth-order valence-corrected chi connectivity index (χ4v) is 2.52. The molecule has 0 fully saturated rings. The second-order valence-corrected chi connectivity index (χ2v) is 5.98. The molecule has 5 nitrogen and oxygen atoms in total. The highest BCUT2D eigenvalue weighted by molar-refractivity contribution is 5.80. The number of nitrogens with zero attached hydrogens (tertiary/aromatic N) is 3. The van der Waals surface area contributed by atoms with Crippen LogP contribution in [0.1, 0.15) is 18.2 Å².